The van der Waals surface area contributed by atoms with Gasteiger partial charge < -0.3 is 0 Å². The van der Waals surface area contributed by atoms with Crippen LogP contribution in [-0.2, 0) is 10.0 Å². The van der Waals surface area contributed by atoms with Crippen LogP contribution in [0.2, 0.25) is 0 Å². The molecule has 0 amide bonds. The second-order valence-corrected chi connectivity index (χ2v) is 6.65. The number of rotatable bonds is 5. The lowest BCUT2D eigenvalue weighted by Crippen LogP contribution is -2.27. The highest BCUT2D eigenvalue weighted by molar-refractivity contribution is 7.89. The average Bonchev–Trinajstić information content (AvgIpc) is 2.49. The van der Waals surface area contributed by atoms with E-state index in [4.69, 9.17) is 0 Å². The zero-order chi connectivity index (χ0) is 17.2. The molecule has 1 heterocycles. The molecular formula is C14H14FN3O4S. The molecule has 9 heteroatoms. The smallest absolute Gasteiger partial charge is 0.264 e. The molecule has 0 saturated carbocycles. The van der Waals surface area contributed by atoms with Crippen molar-refractivity contribution in [3.05, 3.63) is 63.7 Å². The van der Waals surface area contributed by atoms with Crippen LogP contribution in [0.4, 0.5) is 10.1 Å². The van der Waals surface area contributed by atoms with Crippen molar-refractivity contribution in [2.24, 2.45) is 0 Å². The van der Waals surface area contributed by atoms with E-state index in [-0.39, 0.29) is 5.56 Å². The van der Waals surface area contributed by atoms with Crippen molar-refractivity contribution >= 4 is 15.7 Å². The number of hydrogen-bond acceptors (Lipinski definition) is 5. The van der Waals surface area contributed by atoms with Crippen molar-refractivity contribution < 1.29 is 17.7 Å². The van der Waals surface area contributed by atoms with Crippen LogP contribution in [0.25, 0.3) is 0 Å². The highest BCUT2D eigenvalue weighted by Crippen LogP contribution is 2.26. The largest absolute Gasteiger partial charge is 0.276 e. The van der Waals surface area contributed by atoms with Crippen molar-refractivity contribution in [1.29, 1.82) is 0 Å². The summed E-state index contributed by atoms with van der Waals surface area (Å²) in [5.41, 5.74) is -0.188. The van der Waals surface area contributed by atoms with E-state index in [1.807, 2.05) is 0 Å². The average molecular weight is 339 g/mol. The fraction of sp³-hybridized carbons (Fsp3) is 0.214. The van der Waals surface area contributed by atoms with Gasteiger partial charge in [-0.3, -0.25) is 15.1 Å². The fourth-order valence-corrected chi connectivity index (χ4v) is 3.25. The maximum Gasteiger partial charge on any atom is 0.276 e. The summed E-state index contributed by atoms with van der Waals surface area (Å²) in [7, 11) is -4.13. The first kappa shape index (κ1) is 17.0. The summed E-state index contributed by atoms with van der Waals surface area (Å²) in [6.07, 6.45) is 3.04. The van der Waals surface area contributed by atoms with Crippen molar-refractivity contribution in [1.82, 2.24) is 9.71 Å². The standard InChI is InChI=1S/C14H14FN3O4S/c1-9-13(15)6-12(7-14(9)18(19)20)23(21,22)17-10(2)11-4-3-5-16-8-11/h3-8,10,17H,1-2H3/t10-/m0/s1. The van der Waals surface area contributed by atoms with Crippen LogP contribution in [0.1, 0.15) is 24.1 Å². The zero-order valence-corrected chi connectivity index (χ0v) is 13.2. The second kappa shape index (κ2) is 6.39. The summed E-state index contributed by atoms with van der Waals surface area (Å²) >= 11 is 0. The molecule has 0 unspecified atom stereocenters. The van der Waals surface area contributed by atoms with Crippen LogP contribution in [0.5, 0.6) is 0 Å². The van der Waals surface area contributed by atoms with Crippen molar-refractivity contribution in [3.8, 4) is 0 Å². The van der Waals surface area contributed by atoms with Gasteiger partial charge in [0.2, 0.25) is 10.0 Å². The Morgan fingerprint density at radius 2 is 2.09 bits per heavy atom. The predicted molar refractivity (Wildman–Crippen MR) is 80.8 cm³/mol. The molecule has 7 nitrogen and oxygen atoms in total. The molecule has 0 bridgehead atoms. The van der Waals surface area contributed by atoms with Crippen LogP contribution in [-0.4, -0.2) is 18.3 Å². The van der Waals surface area contributed by atoms with Gasteiger partial charge in [0.25, 0.3) is 5.69 Å². The van der Waals surface area contributed by atoms with Gasteiger partial charge in [-0.1, -0.05) is 6.07 Å². The van der Waals surface area contributed by atoms with E-state index in [1.54, 1.807) is 25.3 Å². The molecular weight excluding hydrogens is 325 g/mol. The van der Waals surface area contributed by atoms with Gasteiger partial charge in [0.1, 0.15) is 5.82 Å². The molecule has 1 atom stereocenters. The van der Waals surface area contributed by atoms with Gasteiger partial charge in [-0.2, -0.15) is 0 Å². The Labute approximate surface area is 132 Å². The predicted octanol–water partition coefficient (Wildman–Crippen LogP) is 2.48. The molecule has 1 N–H and O–H groups in total. The Balaban J connectivity index is 2.39. The van der Waals surface area contributed by atoms with E-state index in [0.717, 1.165) is 12.1 Å². The first-order valence-electron chi connectivity index (χ1n) is 6.59. The third-order valence-corrected chi connectivity index (χ3v) is 4.83. The van der Waals surface area contributed by atoms with E-state index in [2.05, 4.69) is 9.71 Å². The Bertz CT molecular complexity index is 841. The minimum Gasteiger partial charge on any atom is -0.264 e. The summed E-state index contributed by atoms with van der Waals surface area (Å²) in [5, 5.41) is 10.9. The number of aromatic nitrogens is 1. The molecule has 2 aromatic rings. The first-order chi connectivity index (χ1) is 10.7. The van der Waals surface area contributed by atoms with Crippen LogP contribution in [0.15, 0.2) is 41.6 Å². The Kier molecular flexibility index (Phi) is 4.71. The fourth-order valence-electron chi connectivity index (χ4n) is 1.99. The summed E-state index contributed by atoms with van der Waals surface area (Å²) < 4.78 is 40.8. The minimum atomic E-state index is -4.13. The number of nitrogens with one attached hydrogen (secondary N) is 1. The SMILES string of the molecule is Cc1c(F)cc(S(=O)(=O)N[C@@H](C)c2cccnc2)cc1[N+](=O)[O-]. The first-order valence-corrected chi connectivity index (χ1v) is 8.07. The van der Waals surface area contributed by atoms with Gasteiger partial charge in [0, 0.05) is 24.5 Å². The molecule has 1 aromatic heterocycles. The Morgan fingerprint density at radius 1 is 1.39 bits per heavy atom. The van der Waals surface area contributed by atoms with E-state index >= 15 is 0 Å². The van der Waals surface area contributed by atoms with Gasteiger partial charge in [0.05, 0.1) is 15.4 Å². The van der Waals surface area contributed by atoms with Crippen molar-refractivity contribution in [2.45, 2.75) is 24.8 Å². The van der Waals surface area contributed by atoms with E-state index in [0.29, 0.717) is 5.56 Å². The number of halogens is 1. The van der Waals surface area contributed by atoms with Gasteiger partial charge in [-0.25, -0.2) is 17.5 Å². The lowest BCUT2D eigenvalue weighted by atomic mass is 10.2. The summed E-state index contributed by atoms with van der Waals surface area (Å²) in [4.78, 5) is 13.5. The Morgan fingerprint density at radius 3 is 2.65 bits per heavy atom. The molecule has 2 rings (SSSR count). The molecule has 0 spiro atoms. The van der Waals surface area contributed by atoms with Crippen LogP contribution >= 0.6 is 0 Å². The molecule has 0 fully saturated rings. The van der Waals surface area contributed by atoms with Gasteiger partial charge in [0.15, 0.2) is 0 Å². The highest BCUT2D eigenvalue weighted by Gasteiger charge is 2.24. The number of nitro benzene ring substituents is 1. The number of hydrogen-bond donors (Lipinski definition) is 1. The lowest BCUT2D eigenvalue weighted by molar-refractivity contribution is -0.385. The number of nitro groups is 1. The van der Waals surface area contributed by atoms with Gasteiger partial charge in [-0.15, -0.1) is 0 Å². The minimum absolute atomic E-state index is 0.214. The third-order valence-electron chi connectivity index (χ3n) is 3.31. The molecule has 0 radical (unpaired) electrons. The monoisotopic (exact) mass is 339 g/mol. The Hall–Kier alpha value is -2.39. The van der Waals surface area contributed by atoms with Crippen LogP contribution in [0.3, 0.4) is 0 Å². The molecule has 0 aliphatic heterocycles. The van der Waals surface area contributed by atoms with Crippen molar-refractivity contribution in [2.75, 3.05) is 0 Å². The molecule has 0 saturated heterocycles. The second-order valence-electron chi connectivity index (χ2n) is 4.94. The highest BCUT2D eigenvalue weighted by atomic mass is 32.2. The molecule has 0 aliphatic rings. The third kappa shape index (κ3) is 3.69. The number of pyridine rings is 1. The number of sulfonamides is 1. The molecule has 0 aliphatic carbocycles. The summed E-state index contributed by atoms with van der Waals surface area (Å²) in [6, 6.07) is 4.31. The lowest BCUT2D eigenvalue weighted by Gasteiger charge is -2.14. The quantitative estimate of drug-likeness (QED) is 0.666. The maximum atomic E-state index is 13.8. The molecule has 1 aromatic carbocycles. The van der Waals surface area contributed by atoms with Crippen LogP contribution < -0.4 is 4.72 Å². The van der Waals surface area contributed by atoms with E-state index in [9.17, 15) is 22.9 Å². The normalized spacial score (nSPS) is 12.8. The molecule has 122 valence electrons. The zero-order valence-electron chi connectivity index (χ0n) is 12.4. The number of nitrogens with zero attached hydrogens (tertiary/aromatic N) is 2. The molecule has 23 heavy (non-hydrogen) atoms. The number of benzene rings is 1. The van der Waals surface area contributed by atoms with E-state index in [1.165, 1.54) is 13.1 Å². The van der Waals surface area contributed by atoms with Crippen molar-refractivity contribution in [3.63, 3.8) is 0 Å². The summed E-state index contributed by atoms with van der Waals surface area (Å²) in [5.74, 6) is -0.950. The van der Waals surface area contributed by atoms with Crippen LogP contribution in [0, 0.1) is 22.9 Å². The van der Waals surface area contributed by atoms with E-state index < -0.39 is 37.4 Å². The summed E-state index contributed by atoms with van der Waals surface area (Å²) in [6.45, 7) is 2.81. The topological polar surface area (TPSA) is 102 Å². The van der Waals surface area contributed by atoms with Gasteiger partial charge in [-0.05, 0) is 31.5 Å². The maximum absolute atomic E-state index is 13.8. The van der Waals surface area contributed by atoms with Gasteiger partial charge >= 0.3 is 0 Å².